The highest BCUT2D eigenvalue weighted by Crippen LogP contribution is 2.27. The summed E-state index contributed by atoms with van der Waals surface area (Å²) < 4.78 is 0. The maximum absolute atomic E-state index is 14.3. The first-order valence-electron chi connectivity index (χ1n) is 15.7. The predicted octanol–water partition coefficient (Wildman–Crippen LogP) is 1.20. The van der Waals surface area contributed by atoms with Crippen LogP contribution in [0.2, 0.25) is 0 Å². The molecule has 0 aromatic heterocycles. The molecule has 12 nitrogen and oxygen atoms in total. The first-order chi connectivity index (χ1) is 21.6. The second-order valence-corrected chi connectivity index (χ2v) is 12.0. The van der Waals surface area contributed by atoms with Crippen LogP contribution in [0.1, 0.15) is 61.6 Å². The van der Waals surface area contributed by atoms with E-state index in [0.717, 1.165) is 48.8 Å². The van der Waals surface area contributed by atoms with Crippen molar-refractivity contribution in [2.45, 2.75) is 88.5 Å². The number of nitrogens with two attached hydrogens (primary N) is 3. The van der Waals surface area contributed by atoms with Crippen LogP contribution in [0.3, 0.4) is 0 Å². The smallest absolute Gasteiger partial charge is 0.326 e. The third-order valence-corrected chi connectivity index (χ3v) is 8.75. The van der Waals surface area contributed by atoms with Crippen molar-refractivity contribution in [3.8, 4) is 0 Å². The highest BCUT2D eigenvalue weighted by molar-refractivity contribution is 5.94. The van der Waals surface area contributed by atoms with Gasteiger partial charge in [0.1, 0.15) is 18.1 Å². The normalized spacial score (nSPS) is 18.5. The van der Waals surface area contributed by atoms with Crippen molar-refractivity contribution in [3.63, 3.8) is 0 Å². The highest BCUT2D eigenvalue weighted by atomic mass is 16.4. The van der Waals surface area contributed by atoms with Gasteiger partial charge in [0.05, 0.1) is 6.04 Å². The number of carboxylic acid groups (broad SMARTS) is 1. The summed E-state index contributed by atoms with van der Waals surface area (Å²) in [6.07, 6.45) is 5.75. The molecule has 1 aliphatic heterocycles. The molecule has 0 unspecified atom stereocenters. The summed E-state index contributed by atoms with van der Waals surface area (Å²) in [7, 11) is 0. The number of carbonyl (C=O) groups excluding carboxylic acids is 3. The number of nitrogens with zero attached hydrogens (tertiary/aromatic N) is 2. The lowest BCUT2D eigenvalue weighted by Crippen LogP contribution is -2.60. The number of rotatable bonds is 13. The standard InChI is InChI=1S/C33H45N7O5/c34-28(22-12-5-2-6-13-22)30(42)38-25(16-9-17-37-33(35)36)31(43)40-20-24-15-8-7-14-23(24)19-27(40)29(41)39-26(32(44)45)18-21-10-3-1-4-11-21/h1,3-4,7-8,10-11,14-15,22,25-28H,2,5-6,9,12-13,16-20,34H2,(H,38,42)(H,39,41)(H,44,45)(H4,35,36,37)/t25-,26-,27-,28-/m0/s1. The van der Waals surface area contributed by atoms with E-state index >= 15 is 0 Å². The van der Waals surface area contributed by atoms with E-state index in [1.54, 1.807) is 24.3 Å². The van der Waals surface area contributed by atoms with Gasteiger partial charge in [0.2, 0.25) is 17.7 Å². The van der Waals surface area contributed by atoms with E-state index in [1.165, 1.54) is 4.90 Å². The Morgan fingerprint density at radius 3 is 2.24 bits per heavy atom. The average Bonchev–Trinajstić information content (AvgIpc) is 3.05. The van der Waals surface area contributed by atoms with Crippen molar-refractivity contribution in [3.05, 3.63) is 71.3 Å². The largest absolute Gasteiger partial charge is 0.480 e. The Balaban J connectivity index is 1.57. The summed E-state index contributed by atoms with van der Waals surface area (Å²) in [5.41, 5.74) is 19.9. The molecule has 0 saturated heterocycles. The van der Waals surface area contributed by atoms with E-state index in [2.05, 4.69) is 15.6 Å². The molecule has 9 N–H and O–H groups in total. The van der Waals surface area contributed by atoms with Crippen molar-refractivity contribution >= 4 is 29.7 Å². The molecule has 1 fully saturated rings. The van der Waals surface area contributed by atoms with Crippen LogP contribution in [0.25, 0.3) is 0 Å². The fourth-order valence-electron chi connectivity index (χ4n) is 6.24. The number of amides is 3. The third kappa shape index (κ3) is 9.27. The maximum Gasteiger partial charge on any atom is 0.326 e. The molecule has 0 bridgehead atoms. The number of hydrogen-bond donors (Lipinski definition) is 6. The van der Waals surface area contributed by atoms with Crippen LogP contribution < -0.4 is 27.8 Å². The van der Waals surface area contributed by atoms with Crippen molar-refractivity contribution in [2.75, 3.05) is 6.54 Å². The predicted molar refractivity (Wildman–Crippen MR) is 171 cm³/mol. The zero-order valence-electron chi connectivity index (χ0n) is 25.6. The van der Waals surface area contributed by atoms with Gasteiger partial charge in [-0.3, -0.25) is 19.4 Å². The number of carboxylic acids is 1. The Morgan fingerprint density at radius 1 is 0.911 bits per heavy atom. The molecule has 2 aromatic rings. The van der Waals surface area contributed by atoms with Gasteiger partial charge in [-0.2, -0.15) is 0 Å². The molecule has 0 radical (unpaired) electrons. The van der Waals surface area contributed by atoms with Gasteiger partial charge in [0.15, 0.2) is 5.96 Å². The van der Waals surface area contributed by atoms with Gasteiger partial charge in [-0.25, -0.2) is 4.79 Å². The topological polar surface area (TPSA) is 206 Å². The Labute approximate surface area is 263 Å². The summed E-state index contributed by atoms with van der Waals surface area (Å²) in [5, 5.41) is 15.5. The number of fused-ring (bicyclic) bond motifs is 1. The summed E-state index contributed by atoms with van der Waals surface area (Å²) >= 11 is 0. The molecule has 1 saturated carbocycles. The molecule has 45 heavy (non-hydrogen) atoms. The summed E-state index contributed by atoms with van der Waals surface area (Å²) in [5.74, 6) is -2.65. The fraction of sp³-hybridized carbons (Fsp3) is 0.485. The van der Waals surface area contributed by atoms with E-state index in [1.807, 2.05) is 30.3 Å². The molecule has 2 aliphatic rings. The Kier molecular flexibility index (Phi) is 11.9. The number of benzene rings is 2. The van der Waals surface area contributed by atoms with Crippen molar-refractivity contribution in [1.82, 2.24) is 15.5 Å². The van der Waals surface area contributed by atoms with Crippen LogP contribution in [0.15, 0.2) is 59.6 Å². The maximum atomic E-state index is 14.3. The first kappa shape index (κ1) is 33.4. The monoisotopic (exact) mass is 619 g/mol. The molecule has 3 amide bonds. The molecule has 1 aliphatic carbocycles. The van der Waals surface area contributed by atoms with E-state index < -0.39 is 47.9 Å². The number of hydrogen-bond acceptors (Lipinski definition) is 6. The summed E-state index contributed by atoms with van der Waals surface area (Å²) in [6, 6.07) is 12.6. The van der Waals surface area contributed by atoms with Gasteiger partial charge >= 0.3 is 5.97 Å². The summed E-state index contributed by atoms with van der Waals surface area (Å²) in [6.45, 7) is 0.377. The van der Waals surface area contributed by atoms with Crippen LogP contribution in [-0.4, -0.2) is 70.4 Å². The minimum absolute atomic E-state index is 0.0362. The lowest BCUT2D eigenvalue weighted by atomic mass is 9.84. The summed E-state index contributed by atoms with van der Waals surface area (Å²) in [4.78, 5) is 59.1. The number of aliphatic imine (C=N–C) groups is 1. The van der Waals surface area contributed by atoms with Crippen molar-refractivity contribution in [1.29, 1.82) is 0 Å². The van der Waals surface area contributed by atoms with Gasteiger partial charge in [-0.1, -0.05) is 73.9 Å². The van der Waals surface area contributed by atoms with Gasteiger partial charge in [0, 0.05) is 25.9 Å². The molecule has 2 aromatic carbocycles. The van der Waals surface area contributed by atoms with Crippen LogP contribution in [-0.2, 0) is 38.6 Å². The molecular weight excluding hydrogens is 574 g/mol. The van der Waals surface area contributed by atoms with Crippen molar-refractivity contribution in [2.24, 2.45) is 28.1 Å². The number of nitrogens with one attached hydrogen (secondary N) is 2. The van der Waals surface area contributed by atoms with Crippen LogP contribution >= 0.6 is 0 Å². The van der Waals surface area contributed by atoms with E-state index in [4.69, 9.17) is 17.2 Å². The van der Waals surface area contributed by atoms with Gasteiger partial charge in [-0.15, -0.1) is 0 Å². The van der Waals surface area contributed by atoms with Crippen LogP contribution in [0.4, 0.5) is 0 Å². The molecule has 0 spiro atoms. The average molecular weight is 620 g/mol. The second kappa shape index (κ2) is 16.0. The van der Waals surface area contributed by atoms with E-state index in [0.29, 0.717) is 6.42 Å². The van der Waals surface area contributed by atoms with Gasteiger partial charge in [0.25, 0.3) is 0 Å². The fourth-order valence-corrected chi connectivity index (χ4v) is 6.24. The Bertz CT molecular complexity index is 1360. The Hall–Kier alpha value is -4.45. The zero-order valence-corrected chi connectivity index (χ0v) is 25.6. The molecule has 1 heterocycles. The Morgan fingerprint density at radius 2 is 1.58 bits per heavy atom. The van der Waals surface area contributed by atoms with Crippen LogP contribution in [0, 0.1) is 5.92 Å². The lowest BCUT2D eigenvalue weighted by molar-refractivity contribution is -0.147. The molecular formula is C33H45N7O5. The molecule has 242 valence electrons. The molecule has 4 rings (SSSR count). The molecule has 4 atom stereocenters. The minimum atomic E-state index is -1.20. The number of guanidine groups is 1. The van der Waals surface area contributed by atoms with Gasteiger partial charge in [-0.05, 0) is 48.3 Å². The van der Waals surface area contributed by atoms with Gasteiger partial charge < -0.3 is 37.8 Å². The number of aliphatic carboxylic acids is 1. The second-order valence-electron chi connectivity index (χ2n) is 12.0. The first-order valence-corrected chi connectivity index (χ1v) is 15.7. The molecule has 12 heteroatoms. The van der Waals surface area contributed by atoms with Crippen LogP contribution in [0.5, 0.6) is 0 Å². The van der Waals surface area contributed by atoms with Crippen molar-refractivity contribution < 1.29 is 24.3 Å². The van der Waals surface area contributed by atoms with E-state index in [-0.39, 0.29) is 44.2 Å². The van der Waals surface area contributed by atoms with E-state index in [9.17, 15) is 24.3 Å². The number of carbonyl (C=O) groups is 4. The highest BCUT2D eigenvalue weighted by Gasteiger charge is 2.39. The minimum Gasteiger partial charge on any atom is -0.480 e. The quantitative estimate of drug-likeness (QED) is 0.109. The SMILES string of the molecule is NC(N)=NCCC[C@H](NC(=O)[C@@H](N)C1CCCCC1)C(=O)N1Cc2ccccc2C[C@H]1C(=O)N[C@@H](Cc1ccccc1)C(=O)O. The lowest BCUT2D eigenvalue weighted by Gasteiger charge is -2.39. The zero-order chi connectivity index (χ0) is 32.3. The third-order valence-electron chi connectivity index (χ3n) is 8.75.